The van der Waals surface area contributed by atoms with Gasteiger partial charge in [-0.25, -0.2) is 4.57 Å². The fourth-order valence-electron chi connectivity index (χ4n) is 2.93. The van der Waals surface area contributed by atoms with E-state index in [0.717, 1.165) is 11.1 Å². The van der Waals surface area contributed by atoms with Crippen LogP contribution in [-0.2, 0) is 15.7 Å². The van der Waals surface area contributed by atoms with Crippen molar-refractivity contribution in [3.8, 4) is 11.1 Å². The van der Waals surface area contributed by atoms with Gasteiger partial charge in [-0.2, -0.15) is 4.57 Å². The SMILES string of the molecule is CC([n+]1ccc(-c2cc[n+](Cc3ccccc3P(=O)(O)O)cc2)cc1)P(=O)(O)O.[Cl-].[Cl-]. The molecular formula is C19H22Cl2N2O6P2. The van der Waals surface area contributed by atoms with E-state index in [1.165, 1.54) is 17.6 Å². The summed E-state index contributed by atoms with van der Waals surface area (Å²) in [6.45, 7) is 1.78. The van der Waals surface area contributed by atoms with Gasteiger partial charge < -0.3 is 44.4 Å². The van der Waals surface area contributed by atoms with E-state index in [1.807, 2.05) is 29.1 Å². The molecule has 31 heavy (non-hydrogen) atoms. The van der Waals surface area contributed by atoms with E-state index >= 15 is 0 Å². The van der Waals surface area contributed by atoms with E-state index in [-0.39, 0.29) is 30.1 Å². The van der Waals surface area contributed by atoms with Crippen LogP contribution >= 0.6 is 15.2 Å². The maximum Gasteiger partial charge on any atom is 0.392 e. The summed E-state index contributed by atoms with van der Waals surface area (Å²) in [4.78, 5) is 37.6. The summed E-state index contributed by atoms with van der Waals surface area (Å²) >= 11 is 0. The molecule has 4 N–H and O–H groups in total. The molecule has 0 spiro atoms. The summed E-state index contributed by atoms with van der Waals surface area (Å²) < 4.78 is 26.3. The molecule has 3 rings (SSSR count). The Morgan fingerprint density at radius 2 is 1.29 bits per heavy atom. The molecule has 0 fully saturated rings. The number of aromatic nitrogens is 2. The van der Waals surface area contributed by atoms with E-state index in [9.17, 15) is 28.7 Å². The highest BCUT2D eigenvalue weighted by atomic mass is 35.5. The molecule has 0 aliphatic rings. The molecule has 8 nitrogen and oxygen atoms in total. The summed E-state index contributed by atoms with van der Waals surface area (Å²) in [7, 11) is -8.56. The largest absolute Gasteiger partial charge is 1.00 e. The van der Waals surface area contributed by atoms with Crippen LogP contribution in [0.3, 0.4) is 0 Å². The molecule has 1 atom stereocenters. The first-order chi connectivity index (χ1) is 13.6. The Labute approximate surface area is 192 Å². The fraction of sp³-hybridized carbons (Fsp3) is 0.158. The van der Waals surface area contributed by atoms with Gasteiger partial charge in [0.1, 0.15) is 0 Å². The predicted molar refractivity (Wildman–Crippen MR) is 106 cm³/mol. The van der Waals surface area contributed by atoms with E-state index < -0.39 is 21.0 Å². The summed E-state index contributed by atoms with van der Waals surface area (Å²) in [6, 6.07) is 13.7. The number of pyridine rings is 2. The Kier molecular flexibility index (Phi) is 9.57. The minimum Gasteiger partial charge on any atom is -1.00 e. The Hall–Kier alpha value is -1.60. The highest BCUT2D eigenvalue weighted by Crippen LogP contribution is 2.45. The second-order valence-corrected chi connectivity index (χ2v) is 10.2. The van der Waals surface area contributed by atoms with Crippen LogP contribution in [0.1, 0.15) is 18.3 Å². The monoisotopic (exact) mass is 506 g/mol. The van der Waals surface area contributed by atoms with Gasteiger partial charge in [0.05, 0.1) is 5.30 Å². The van der Waals surface area contributed by atoms with Crippen molar-refractivity contribution in [3.63, 3.8) is 0 Å². The standard InChI is InChI=1S/C19H20N2O6P2.2ClH/c1-15(28(22,23)24)21-12-8-17(9-13-21)16-6-10-20(11-7-16)14-18-4-2-3-5-19(18)29(25,26)27;;/h2-13,15H,14H2,1H3,(H2-2,22,23,24,25,26,27);2*1H. The third kappa shape index (κ3) is 6.94. The highest BCUT2D eigenvalue weighted by Gasteiger charge is 2.32. The van der Waals surface area contributed by atoms with E-state index in [1.54, 1.807) is 42.7 Å². The van der Waals surface area contributed by atoms with Crippen LogP contribution in [-0.4, -0.2) is 19.6 Å². The van der Waals surface area contributed by atoms with Crippen molar-refractivity contribution in [2.24, 2.45) is 0 Å². The molecule has 1 aromatic carbocycles. The molecule has 0 saturated carbocycles. The zero-order valence-electron chi connectivity index (χ0n) is 16.4. The molecule has 1 unspecified atom stereocenters. The fourth-order valence-corrected chi connectivity index (χ4v) is 4.23. The molecule has 3 aromatic rings. The first-order valence-corrected chi connectivity index (χ1v) is 12.0. The van der Waals surface area contributed by atoms with Gasteiger partial charge in [-0.05, 0) is 17.2 Å². The molecule has 2 aromatic heterocycles. The highest BCUT2D eigenvalue weighted by molar-refractivity contribution is 7.60. The lowest BCUT2D eigenvalue weighted by Gasteiger charge is -2.09. The van der Waals surface area contributed by atoms with Gasteiger partial charge in [0.2, 0.25) is 0 Å². The predicted octanol–water partition coefficient (Wildman–Crippen LogP) is -4.52. The van der Waals surface area contributed by atoms with E-state index in [4.69, 9.17) is 0 Å². The van der Waals surface area contributed by atoms with Crippen LogP contribution in [0.25, 0.3) is 11.1 Å². The molecule has 0 bridgehead atoms. The molecule has 0 amide bonds. The van der Waals surface area contributed by atoms with Gasteiger partial charge >= 0.3 is 15.2 Å². The summed E-state index contributed by atoms with van der Waals surface area (Å²) in [5, 5.41) is 0.0170. The molecule has 0 radical (unpaired) electrons. The van der Waals surface area contributed by atoms with Crippen molar-refractivity contribution in [3.05, 3.63) is 78.9 Å². The lowest BCUT2D eigenvalue weighted by atomic mass is 10.1. The Morgan fingerprint density at radius 3 is 1.77 bits per heavy atom. The quantitative estimate of drug-likeness (QED) is 0.197. The van der Waals surface area contributed by atoms with Gasteiger partial charge in [-0.1, -0.05) is 18.2 Å². The molecule has 0 saturated heterocycles. The van der Waals surface area contributed by atoms with Crippen LogP contribution in [0.15, 0.2) is 73.3 Å². The molecule has 168 valence electrons. The van der Waals surface area contributed by atoms with Gasteiger partial charge in [-0.15, -0.1) is 0 Å². The lowest BCUT2D eigenvalue weighted by molar-refractivity contribution is -0.701. The number of rotatable bonds is 6. The second kappa shape index (κ2) is 10.8. The molecule has 2 heterocycles. The number of nitrogens with zero attached hydrogens (tertiary/aromatic N) is 2. The van der Waals surface area contributed by atoms with Gasteiger partial charge in [0.15, 0.2) is 31.3 Å². The summed E-state index contributed by atoms with van der Waals surface area (Å²) in [5.41, 5.74) is 2.33. The minimum absolute atomic E-state index is 0. The van der Waals surface area contributed by atoms with Crippen LogP contribution in [0, 0.1) is 0 Å². The average molecular weight is 507 g/mol. The van der Waals surface area contributed by atoms with Crippen molar-refractivity contribution < 1.29 is 62.7 Å². The second-order valence-electron chi connectivity index (χ2n) is 6.69. The Balaban J connectivity index is 0.00000240. The normalized spacial score (nSPS) is 12.4. The number of hydrogen-bond acceptors (Lipinski definition) is 2. The van der Waals surface area contributed by atoms with Crippen LogP contribution in [0.5, 0.6) is 0 Å². The van der Waals surface area contributed by atoms with Crippen LogP contribution in [0.4, 0.5) is 0 Å². The molecular weight excluding hydrogens is 485 g/mol. The third-order valence-corrected chi connectivity index (χ3v) is 6.96. The van der Waals surface area contributed by atoms with Gasteiger partial charge in [0, 0.05) is 36.8 Å². The van der Waals surface area contributed by atoms with E-state index in [0.29, 0.717) is 12.1 Å². The van der Waals surface area contributed by atoms with Crippen molar-refractivity contribution in [2.45, 2.75) is 19.3 Å². The summed E-state index contributed by atoms with van der Waals surface area (Å²) in [6.07, 6.45) is 6.86. The zero-order chi connectivity index (χ0) is 21.2. The molecule has 0 aliphatic carbocycles. The van der Waals surface area contributed by atoms with Crippen molar-refractivity contribution >= 4 is 20.5 Å². The smallest absolute Gasteiger partial charge is 0.392 e. The number of benzene rings is 1. The average Bonchev–Trinajstić information content (AvgIpc) is 2.67. The van der Waals surface area contributed by atoms with Crippen LogP contribution < -0.4 is 39.3 Å². The maximum absolute atomic E-state index is 11.7. The van der Waals surface area contributed by atoms with E-state index in [2.05, 4.69) is 0 Å². The van der Waals surface area contributed by atoms with Gasteiger partial charge in [-0.3, -0.25) is 9.13 Å². The third-order valence-electron chi connectivity index (χ3n) is 4.65. The first-order valence-electron chi connectivity index (χ1n) is 8.75. The summed E-state index contributed by atoms with van der Waals surface area (Å²) in [5.74, 6) is -0.941. The molecule has 0 aliphatic heterocycles. The van der Waals surface area contributed by atoms with Crippen molar-refractivity contribution in [1.82, 2.24) is 0 Å². The molecule has 12 heteroatoms. The Morgan fingerprint density at radius 1 is 0.806 bits per heavy atom. The lowest BCUT2D eigenvalue weighted by Crippen LogP contribution is -3.00. The van der Waals surface area contributed by atoms with Crippen molar-refractivity contribution in [2.75, 3.05) is 0 Å². The first kappa shape index (κ1) is 27.4. The zero-order valence-corrected chi connectivity index (χ0v) is 19.7. The maximum atomic E-state index is 11.7. The Bertz CT molecular complexity index is 1100. The topological polar surface area (TPSA) is 123 Å². The van der Waals surface area contributed by atoms with Crippen LogP contribution in [0.2, 0.25) is 0 Å². The van der Waals surface area contributed by atoms with Gasteiger partial charge in [0.25, 0.3) is 5.78 Å². The number of halogens is 2. The number of hydrogen-bond donors (Lipinski definition) is 4. The minimum atomic E-state index is -4.35. The van der Waals surface area contributed by atoms with Crippen molar-refractivity contribution in [1.29, 1.82) is 0 Å².